The van der Waals surface area contributed by atoms with Crippen molar-refractivity contribution in [3.8, 4) is 17.2 Å². The van der Waals surface area contributed by atoms with E-state index in [-0.39, 0.29) is 28.0 Å². The number of aliphatic hydroxyl groups is 3. The fraction of sp³-hybridized carbons (Fsp3) is 0.444. The zero-order chi connectivity index (χ0) is 28.5. The maximum Gasteiger partial charge on any atom is 0.202 e. The predicted molar refractivity (Wildman–Crippen MR) is 129 cm³/mol. The van der Waals surface area contributed by atoms with Crippen molar-refractivity contribution in [2.24, 2.45) is 0 Å². The van der Waals surface area contributed by atoms with Crippen LogP contribution in [-0.4, -0.2) is 86.4 Å². The van der Waals surface area contributed by atoms with Gasteiger partial charge in [0.05, 0.1) is 36.0 Å². The van der Waals surface area contributed by atoms with Crippen molar-refractivity contribution in [2.45, 2.75) is 69.2 Å². The van der Waals surface area contributed by atoms with E-state index >= 15 is 0 Å². The Hall–Kier alpha value is -3.42. The van der Waals surface area contributed by atoms with E-state index in [1.54, 1.807) is 0 Å². The van der Waals surface area contributed by atoms with Gasteiger partial charge in [0.15, 0.2) is 24.0 Å². The molecule has 12 heteroatoms. The summed E-state index contributed by atoms with van der Waals surface area (Å²) in [5.74, 6) is -3.81. The fourth-order valence-corrected chi connectivity index (χ4v) is 5.57. The Morgan fingerprint density at radius 3 is 2.38 bits per heavy atom. The van der Waals surface area contributed by atoms with Gasteiger partial charge in [0.25, 0.3) is 0 Å². The van der Waals surface area contributed by atoms with Gasteiger partial charge in [-0.1, -0.05) is 12.1 Å². The van der Waals surface area contributed by atoms with E-state index in [9.17, 15) is 44.3 Å². The topological polar surface area (TPSA) is 180 Å². The van der Waals surface area contributed by atoms with Crippen LogP contribution in [0.3, 0.4) is 0 Å². The molecule has 0 bridgehead atoms. The molecule has 1 aliphatic heterocycles. The van der Waals surface area contributed by atoms with Crippen molar-refractivity contribution in [2.75, 3.05) is 7.11 Å². The molecule has 0 saturated carbocycles. The van der Waals surface area contributed by atoms with Gasteiger partial charge in [-0.15, -0.1) is 0 Å². The highest BCUT2D eigenvalue weighted by molar-refractivity contribution is 6.31. The van der Waals surface area contributed by atoms with E-state index in [1.165, 1.54) is 32.2 Å². The molecule has 0 unspecified atom stereocenters. The highest BCUT2D eigenvalue weighted by Crippen LogP contribution is 2.52. The van der Waals surface area contributed by atoms with Crippen LogP contribution in [0.2, 0.25) is 0 Å². The third kappa shape index (κ3) is 3.94. The van der Waals surface area contributed by atoms with E-state index in [0.717, 1.165) is 6.92 Å². The second kappa shape index (κ2) is 9.35. The average molecular weight is 547 g/mol. The minimum atomic E-state index is -2.26. The first-order chi connectivity index (χ1) is 18.3. The summed E-state index contributed by atoms with van der Waals surface area (Å²) in [6.45, 7) is 2.46. The van der Waals surface area contributed by atoms with Crippen molar-refractivity contribution >= 4 is 17.3 Å². The number of alkyl halides is 1. The fourth-order valence-electron chi connectivity index (χ4n) is 5.57. The summed E-state index contributed by atoms with van der Waals surface area (Å²) in [6.07, 6.45) is -11.2. The number of Topliss-reactive ketones (excluding diaryl/α,β-unsaturated/α-hetero) is 1. The van der Waals surface area contributed by atoms with Crippen LogP contribution in [0, 0.1) is 0 Å². The number of phenols is 2. The van der Waals surface area contributed by atoms with Crippen molar-refractivity contribution in [1.29, 1.82) is 0 Å². The number of carbonyl (C=O) groups excluding carboxylic acids is 3. The normalized spacial score (nSPS) is 31.8. The molecule has 39 heavy (non-hydrogen) atoms. The molecule has 3 aliphatic rings. The molecule has 1 fully saturated rings. The zero-order valence-corrected chi connectivity index (χ0v) is 21.2. The van der Waals surface area contributed by atoms with E-state index in [2.05, 4.69) is 0 Å². The molecule has 2 aliphatic carbocycles. The molecule has 7 atom stereocenters. The molecule has 2 aromatic rings. The number of methoxy groups -OCH3 is 1. The number of aromatic hydroxyl groups is 2. The van der Waals surface area contributed by atoms with Gasteiger partial charge in [-0.2, -0.15) is 0 Å². The maximum atomic E-state index is 14.9. The first-order valence-electron chi connectivity index (χ1n) is 12.2. The van der Waals surface area contributed by atoms with Gasteiger partial charge in [0.2, 0.25) is 5.78 Å². The highest BCUT2D eigenvalue weighted by atomic mass is 19.1. The van der Waals surface area contributed by atoms with Crippen molar-refractivity contribution < 1.29 is 58.5 Å². The number of rotatable bonds is 4. The molecule has 0 amide bonds. The Bertz CT molecular complexity index is 1400. The lowest BCUT2D eigenvalue weighted by Crippen LogP contribution is -2.56. The number of ketones is 3. The molecule has 0 aromatic heterocycles. The molecule has 0 radical (unpaired) electrons. The van der Waals surface area contributed by atoms with Gasteiger partial charge in [-0.25, -0.2) is 4.39 Å². The third-order valence-electron chi connectivity index (χ3n) is 7.80. The summed E-state index contributed by atoms with van der Waals surface area (Å²) in [4.78, 5) is 39.5. The summed E-state index contributed by atoms with van der Waals surface area (Å²) < 4.78 is 31.3. The monoisotopic (exact) mass is 546 g/mol. The molecule has 0 spiro atoms. The molecule has 208 valence electrons. The van der Waals surface area contributed by atoms with Crippen molar-refractivity contribution in [3.05, 3.63) is 51.6 Å². The second-order valence-electron chi connectivity index (χ2n) is 10.1. The predicted octanol–water partition coefficient (Wildman–Crippen LogP) is 1.01. The zero-order valence-electron chi connectivity index (χ0n) is 21.2. The lowest BCUT2D eigenvalue weighted by atomic mass is 9.72. The van der Waals surface area contributed by atoms with Crippen LogP contribution in [0.15, 0.2) is 18.2 Å². The summed E-state index contributed by atoms with van der Waals surface area (Å²) in [5, 5.41) is 53.9. The standard InChI is InChI=1S/C27H27FO11/c1-9-20(30)25(35)19(28)26(38-9)39-14-8-27(36,10(2)29)7-12-16(14)24(34)18-17(22(12)32)21(31)11-5-4-6-13(37-3)15(11)23(18)33/h4-6,9,14,19-20,25-26,30,32,34-36H,7-8H2,1-3H3/t9-,14-,19-,20+,25-,26+,27-/m0/s1. The maximum absolute atomic E-state index is 14.9. The lowest BCUT2D eigenvalue weighted by molar-refractivity contribution is -0.294. The second-order valence-corrected chi connectivity index (χ2v) is 10.1. The Kier molecular flexibility index (Phi) is 6.51. The SMILES string of the molecule is COc1cccc2c1C(=O)c1c(O)c3c(c(O)c1C2=O)C[C@@](O)(C(C)=O)C[C@@H]3O[C@H]1O[C@@H](C)[C@@H](O)[C@@H](O)[C@@H]1F. The summed E-state index contributed by atoms with van der Waals surface area (Å²) in [7, 11) is 1.30. The number of fused-ring (bicyclic) bond motifs is 3. The summed E-state index contributed by atoms with van der Waals surface area (Å²) in [5.41, 5.74) is -3.93. The van der Waals surface area contributed by atoms with Gasteiger partial charge in [0.1, 0.15) is 35.1 Å². The van der Waals surface area contributed by atoms with E-state index < -0.39 is 95.3 Å². The summed E-state index contributed by atoms with van der Waals surface area (Å²) in [6, 6.07) is 4.29. The number of carbonyl (C=O) groups is 3. The number of hydrogen-bond donors (Lipinski definition) is 5. The molecule has 5 N–H and O–H groups in total. The Labute approximate surface area is 221 Å². The quantitative estimate of drug-likeness (QED) is 0.295. The molecular weight excluding hydrogens is 519 g/mol. The number of ether oxygens (including phenoxy) is 3. The van der Waals surface area contributed by atoms with Gasteiger partial charge in [-0.3, -0.25) is 14.4 Å². The Morgan fingerprint density at radius 2 is 1.74 bits per heavy atom. The molecule has 11 nitrogen and oxygen atoms in total. The molecular formula is C27H27FO11. The Balaban J connectivity index is 1.70. The molecule has 5 rings (SSSR count). The minimum Gasteiger partial charge on any atom is -0.507 e. The van der Waals surface area contributed by atoms with Crippen molar-refractivity contribution in [3.63, 3.8) is 0 Å². The lowest BCUT2D eigenvalue weighted by Gasteiger charge is -2.42. The largest absolute Gasteiger partial charge is 0.507 e. The summed E-state index contributed by atoms with van der Waals surface area (Å²) >= 11 is 0. The minimum absolute atomic E-state index is 0.0595. The van der Waals surface area contributed by atoms with Gasteiger partial charge in [0, 0.05) is 29.5 Å². The number of phenolic OH excluding ortho intramolecular Hbond substituents is 2. The number of benzene rings is 2. The first-order valence-corrected chi connectivity index (χ1v) is 12.2. The third-order valence-corrected chi connectivity index (χ3v) is 7.80. The average Bonchev–Trinajstić information content (AvgIpc) is 2.90. The van der Waals surface area contributed by atoms with Crippen LogP contribution in [0.4, 0.5) is 4.39 Å². The highest BCUT2D eigenvalue weighted by Gasteiger charge is 2.51. The van der Waals surface area contributed by atoms with Gasteiger partial charge < -0.3 is 39.7 Å². The molecule has 1 heterocycles. The molecule has 2 aromatic carbocycles. The van der Waals surface area contributed by atoms with Crippen LogP contribution in [0.1, 0.15) is 69.3 Å². The van der Waals surface area contributed by atoms with Gasteiger partial charge in [-0.05, 0) is 19.9 Å². The smallest absolute Gasteiger partial charge is 0.202 e. The number of halogens is 1. The van der Waals surface area contributed by atoms with Gasteiger partial charge >= 0.3 is 0 Å². The number of aliphatic hydroxyl groups excluding tert-OH is 2. The first kappa shape index (κ1) is 27.2. The van der Waals surface area contributed by atoms with E-state index in [0.29, 0.717) is 0 Å². The van der Waals surface area contributed by atoms with E-state index in [1.807, 2.05) is 0 Å². The molecule has 1 saturated heterocycles. The van der Waals surface area contributed by atoms with Crippen LogP contribution >= 0.6 is 0 Å². The van der Waals surface area contributed by atoms with Crippen LogP contribution in [0.25, 0.3) is 0 Å². The van der Waals surface area contributed by atoms with Crippen molar-refractivity contribution in [1.82, 2.24) is 0 Å². The van der Waals surface area contributed by atoms with Crippen LogP contribution in [0.5, 0.6) is 17.2 Å². The van der Waals surface area contributed by atoms with Crippen LogP contribution < -0.4 is 4.74 Å². The number of hydrogen-bond acceptors (Lipinski definition) is 11. The van der Waals surface area contributed by atoms with E-state index in [4.69, 9.17) is 14.2 Å². The van der Waals surface area contributed by atoms with Crippen LogP contribution in [-0.2, 0) is 20.7 Å². The Morgan fingerprint density at radius 1 is 1.08 bits per heavy atom.